The van der Waals surface area contributed by atoms with E-state index in [1.807, 2.05) is 36.4 Å². The second kappa shape index (κ2) is 13.7. The van der Waals surface area contributed by atoms with Crippen LogP contribution < -0.4 is 10.6 Å². The summed E-state index contributed by atoms with van der Waals surface area (Å²) in [5.74, 6) is 0.708. The van der Waals surface area contributed by atoms with Crippen molar-refractivity contribution in [2.24, 2.45) is 0 Å². The number of benzene rings is 2. The Hall–Kier alpha value is -3.94. The third-order valence-corrected chi connectivity index (χ3v) is 6.56. The number of furan rings is 1. The molecule has 0 unspecified atom stereocenters. The Morgan fingerprint density at radius 2 is 1.77 bits per heavy atom. The number of carbonyl (C=O) groups excluding carboxylic acids is 2. The first-order valence-corrected chi connectivity index (χ1v) is 13.4. The van der Waals surface area contributed by atoms with Crippen LogP contribution >= 0.6 is 11.6 Å². The molecule has 7 nitrogen and oxygen atoms in total. The summed E-state index contributed by atoms with van der Waals surface area (Å²) < 4.78 is 5.34. The van der Waals surface area contributed by atoms with Crippen LogP contribution in [0, 0.1) is 6.92 Å². The third kappa shape index (κ3) is 8.27. The molecule has 0 saturated heterocycles. The quantitative estimate of drug-likeness (QED) is 0.118. The maximum absolute atomic E-state index is 12.5. The number of rotatable bonds is 13. The van der Waals surface area contributed by atoms with Crippen LogP contribution in [0.15, 0.2) is 77.4 Å². The number of halogens is 1. The summed E-state index contributed by atoms with van der Waals surface area (Å²) in [5, 5.41) is 8.22. The van der Waals surface area contributed by atoms with Gasteiger partial charge in [0.25, 0.3) is 5.91 Å². The molecule has 8 heteroatoms. The van der Waals surface area contributed by atoms with E-state index in [9.17, 15) is 9.59 Å². The summed E-state index contributed by atoms with van der Waals surface area (Å²) in [6.45, 7) is 5.10. The van der Waals surface area contributed by atoms with Gasteiger partial charge in [-0.3, -0.25) is 14.6 Å². The average molecular weight is 545 g/mol. The van der Waals surface area contributed by atoms with Gasteiger partial charge in [0.1, 0.15) is 5.76 Å². The molecule has 0 atom stereocenters. The van der Waals surface area contributed by atoms with Crippen LogP contribution in [-0.2, 0) is 0 Å². The Balaban J connectivity index is 1.12. The normalized spacial score (nSPS) is 11.4. The monoisotopic (exact) mass is 544 g/mol. The highest BCUT2D eigenvalue weighted by Gasteiger charge is 2.08. The van der Waals surface area contributed by atoms with Gasteiger partial charge in [0, 0.05) is 40.9 Å². The van der Waals surface area contributed by atoms with E-state index in [2.05, 4.69) is 27.6 Å². The molecule has 0 saturated carbocycles. The summed E-state index contributed by atoms with van der Waals surface area (Å²) in [6.07, 6.45) is 6.83. The second-order valence-electron chi connectivity index (χ2n) is 9.44. The lowest BCUT2D eigenvalue weighted by Gasteiger charge is -2.17. The van der Waals surface area contributed by atoms with Crippen LogP contribution in [0.4, 0.5) is 5.69 Å². The van der Waals surface area contributed by atoms with Crippen molar-refractivity contribution in [1.82, 2.24) is 15.2 Å². The fourth-order valence-corrected chi connectivity index (χ4v) is 4.35. The van der Waals surface area contributed by atoms with E-state index >= 15 is 0 Å². The van der Waals surface area contributed by atoms with Gasteiger partial charge < -0.3 is 20.0 Å². The molecule has 0 aliphatic heterocycles. The zero-order valence-corrected chi connectivity index (χ0v) is 23.0. The summed E-state index contributed by atoms with van der Waals surface area (Å²) >= 11 is 6.07. The molecule has 2 aromatic heterocycles. The largest absolute Gasteiger partial charge is 0.458 e. The molecular weight excluding hydrogens is 512 g/mol. The lowest BCUT2D eigenvalue weighted by molar-refractivity contribution is 0.0951. The van der Waals surface area contributed by atoms with Crippen molar-refractivity contribution in [2.75, 3.05) is 38.5 Å². The predicted octanol–water partition coefficient (Wildman–Crippen LogP) is 6.24. The van der Waals surface area contributed by atoms with Gasteiger partial charge in [-0.1, -0.05) is 29.8 Å². The van der Waals surface area contributed by atoms with Gasteiger partial charge in [-0.2, -0.15) is 0 Å². The molecule has 1 amide bonds. The minimum Gasteiger partial charge on any atom is -0.458 e. The highest BCUT2D eigenvalue weighted by molar-refractivity contribution is 6.31. The van der Waals surface area contributed by atoms with Crippen molar-refractivity contribution in [2.45, 2.75) is 19.8 Å². The number of pyridine rings is 1. The van der Waals surface area contributed by atoms with Crippen LogP contribution in [-0.4, -0.2) is 54.8 Å². The van der Waals surface area contributed by atoms with Crippen LogP contribution in [0.5, 0.6) is 0 Å². The number of allylic oxidation sites excluding steroid dienone is 1. The molecule has 0 fully saturated rings. The molecular formula is C31H33ClN4O3. The molecule has 0 aliphatic carbocycles. The van der Waals surface area contributed by atoms with Crippen LogP contribution in [0.3, 0.4) is 0 Å². The first-order chi connectivity index (χ1) is 18.9. The first-order valence-electron chi connectivity index (χ1n) is 13.0. The number of nitrogens with zero attached hydrogens (tertiary/aromatic N) is 2. The zero-order chi connectivity index (χ0) is 27.6. The Morgan fingerprint density at radius 3 is 2.51 bits per heavy atom. The number of aromatic nitrogens is 1. The highest BCUT2D eigenvalue weighted by Crippen LogP contribution is 2.24. The van der Waals surface area contributed by atoms with E-state index < -0.39 is 0 Å². The van der Waals surface area contributed by atoms with Crippen molar-refractivity contribution in [1.29, 1.82) is 0 Å². The summed E-state index contributed by atoms with van der Waals surface area (Å²) in [4.78, 5) is 31.3. The van der Waals surface area contributed by atoms with Gasteiger partial charge in [-0.15, -0.1) is 0 Å². The van der Waals surface area contributed by atoms with Crippen molar-refractivity contribution >= 4 is 46.0 Å². The topological polar surface area (TPSA) is 87.5 Å². The van der Waals surface area contributed by atoms with E-state index in [0.717, 1.165) is 54.6 Å². The molecule has 4 rings (SSSR count). The van der Waals surface area contributed by atoms with E-state index in [1.54, 1.807) is 43.5 Å². The van der Waals surface area contributed by atoms with Crippen molar-refractivity contribution < 1.29 is 14.0 Å². The second-order valence-corrected chi connectivity index (χ2v) is 9.88. The molecule has 2 N–H and O–H groups in total. The Labute approximate surface area is 233 Å². The van der Waals surface area contributed by atoms with Crippen molar-refractivity contribution in [3.05, 3.63) is 101 Å². The highest BCUT2D eigenvalue weighted by atomic mass is 35.5. The molecule has 4 aromatic rings. The number of hydrogen-bond acceptors (Lipinski definition) is 6. The Kier molecular flexibility index (Phi) is 9.89. The molecule has 0 bridgehead atoms. The van der Waals surface area contributed by atoms with Crippen molar-refractivity contribution in [3.63, 3.8) is 0 Å². The van der Waals surface area contributed by atoms with Gasteiger partial charge in [0.05, 0.1) is 5.52 Å². The average Bonchev–Trinajstić information content (AvgIpc) is 3.38. The summed E-state index contributed by atoms with van der Waals surface area (Å²) in [6, 6.07) is 18.3. The Morgan fingerprint density at radius 1 is 1.00 bits per heavy atom. The van der Waals surface area contributed by atoms with Gasteiger partial charge in [-0.05, 0) is 100 Å². The molecule has 202 valence electrons. The minimum absolute atomic E-state index is 0.106. The molecule has 2 heterocycles. The smallest absolute Gasteiger partial charge is 0.251 e. The van der Waals surface area contributed by atoms with Crippen LogP contribution in [0.2, 0.25) is 5.02 Å². The van der Waals surface area contributed by atoms with Crippen molar-refractivity contribution in [3.8, 4) is 0 Å². The van der Waals surface area contributed by atoms with Gasteiger partial charge in [0.15, 0.2) is 5.76 Å². The maximum Gasteiger partial charge on any atom is 0.251 e. The van der Waals surface area contributed by atoms with E-state index in [0.29, 0.717) is 28.7 Å². The van der Waals surface area contributed by atoms with Gasteiger partial charge >= 0.3 is 0 Å². The zero-order valence-electron chi connectivity index (χ0n) is 22.2. The van der Waals surface area contributed by atoms with E-state index in [1.165, 1.54) is 6.08 Å². The van der Waals surface area contributed by atoms with Crippen LogP contribution in [0.1, 0.15) is 45.1 Å². The number of fused-ring (bicyclic) bond motifs is 1. The van der Waals surface area contributed by atoms with Gasteiger partial charge in [0.2, 0.25) is 5.78 Å². The number of anilines is 1. The van der Waals surface area contributed by atoms with Gasteiger partial charge in [-0.25, -0.2) is 0 Å². The molecule has 0 radical (unpaired) electrons. The number of hydrogen-bond donors (Lipinski definition) is 2. The standard InChI is InChI=1S/C31H33ClN4O3/c1-22-5-14-30(39-22)29(37)13-8-23-6-9-24(10-7-23)31(38)35-17-4-20-36(2)19-3-16-33-27-15-18-34-28-21-25(32)11-12-26(27)28/h5-15,18,21H,3-4,16-17,19-20H2,1-2H3,(H,33,34)(H,35,38)/b13-8+. The molecule has 0 spiro atoms. The molecule has 2 aromatic carbocycles. The van der Waals surface area contributed by atoms with E-state index in [4.69, 9.17) is 16.0 Å². The number of aryl methyl sites for hydroxylation is 1. The lowest BCUT2D eigenvalue weighted by atomic mass is 10.1. The Bertz CT molecular complexity index is 1450. The SMILES string of the molecule is Cc1ccc(C(=O)/C=C/c2ccc(C(=O)NCCCN(C)CCCNc3ccnc4cc(Cl)ccc34)cc2)o1. The fraction of sp³-hybridized carbons (Fsp3) is 0.258. The number of carbonyl (C=O) groups is 2. The predicted molar refractivity (Wildman–Crippen MR) is 158 cm³/mol. The van der Waals surface area contributed by atoms with E-state index in [-0.39, 0.29) is 11.7 Å². The first kappa shape index (κ1) is 28.1. The maximum atomic E-state index is 12.5. The molecule has 39 heavy (non-hydrogen) atoms. The number of ketones is 1. The molecule has 0 aliphatic rings. The number of amides is 1. The minimum atomic E-state index is -0.195. The third-order valence-electron chi connectivity index (χ3n) is 6.32. The summed E-state index contributed by atoms with van der Waals surface area (Å²) in [7, 11) is 2.09. The lowest BCUT2D eigenvalue weighted by Crippen LogP contribution is -2.29. The fourth-order valence-electron chi connectivity index (χ4n) is 4.18. The number of nitrogens with one attached hydrogen (secondary N) is 2. The van der Waals surface area contributed by atoms with Crippen LogP contribution in [0.25, 0.3) is 17.0 Å². The summed E-state index contributed by atoms with van der Waals surface area (Å²) in [5.41, 5.74) is 3.36.